The lowest BCUT2D eigenvalue weighted by atomic mass is 10.2. The van der Waals surface area contributed by atoms with Gasteiger partial charge >= 0.3 is 0 Å². The minimum absolute atomic E-state index is 1.07. The van der Waals surface area contributed by atoms with E-state index >= 15 is 0 Å². The normalized spacial score (nSPS) is 10.1. The number of nitrogens with zero attached hydrogens (tertiary/aromatic N) is 2. The van der Waals surface area contributed by atoms with Crippen molar-refractivity contribution in [2.45, 2.75) is 20.3 Å². The first-order valence-electron chi connectivity index (χ1n) is 3.23. The summed E-state index contributed by atoms with van der Waals surface area (Å²) >= 11 is 0. The molecule has 0 aliphatic heterocycles. The van der Waals surface area contributed by atoms with Gasteiger partial charge in [-0.1, -0.05) is 6.92 Å². The minimum atomic E-state index is 1.07. The van der Waals surface area contributed by atoms with Gasteiger partial charge in [0.25, 0.3) is 0 Å². The Balaban J connectivity index is 3.07. The zero-order chi connectivity index (χ0) is 6.85. The third-order valence-corrected chi connectivity index (χ3v) is 1.61. The van der Waals surface area contributed by atoms with E-state index in [0.29, 0.717) is 0 Å². The van der Waals surface area contributed by atoms with Crippen molar-refractivity contribution in [3.8, 4) is 0 Å². The van der Waals surface area contributed by atoms with Crippen LogP contribution in [0.15, 0.2) is 6.20 Å². The molecular weight excluding hydrogens is 112 g/mol. The molecule has 2 heteroatoms. The summed E-state index contributed by atoms with van der Waals surface area (Å²) in [5.41, 5.74) is 2.62. The van der Waals surface area contributed by atoms with E-state index in [2.05, 4.69) is 18.9 Å². The highest BCUT2D eigenvalue weighted by atomic mass is 15.3. The molecule has 0 unspecified atom stereocenters. The van der Waals surface area contributed by atoms with Gasteiger partial charge in [0.15, 0.2) is 0 Å². The minimum Gasteiger partial charge on any atom is -0.272 e. The lowest BCUT2D eigenvalue weighted by molar-refractivity contribution is 0.716. The summed E-state index contributed by atoms with van der Waals surface area (Å²) in [6.45, 7) is 4.23. The summed E-state index contributed by atoms with van der Waals surface area (Å²) in [6, 6.07) is 0. The van der Waals surface area contributed by atoms with Gasteiger partial charge in [-0.05, 0) is 18.9 Å². The summed E-state index contributed by atoms with van der Waals surface area (Å²) in [5, 5.41) is 4.10. The number of hydrogen-bond acceptors (Lipinski definition) is 1. The van der Waals surface area contributed by atoms with Crippen molar-refractivity contribution in [3.63, 3.8) is 0 Å². The van der Waals surface area contributed by atoms with E-state index < -0.39 is 0 Å². The van der Waals surface area contributed by atoms with E-state index in [1.54, 1.807) is 0 Å². The summed E-state index contributed by atoms with van der Waals surface area (Å²) < 4.78 is 1.93. The monoisotopic (exact) mass is 124 g/mol. The first-order valence-corrected chi connectivity index (χ1v) is 3.23. The predicted octanol–water partition coefficient (Wildman–Crippen LogP) is 1.29. The highest BCUT2D eigenvalue weighted by Crippen LogP contribution is 2.04. The van der Waals surface area contributed by atoms with Crippen LogP contribution < -0.4 is 0 Å². The number of aromatic nitrogens is 2. The first-order chi connectivity index (χ1) is 4.25. The fourth-order valence-electron chi connectivity index (χ4n) is 1.08. The summed E-state index contributed by atoms with van der Waals surface area (Å²) in [6.07, 6.45) is 2.97. The third-order valence-electron chi connectivity index (χ3n) is 1.61. The SMILES string of the molecule is CCc1c(C)cnn1C. The van der Waals surface area contributed by atoms with Crippen LogP contribution in [-0.4, -0.2) is 9.78 Å². The lowest BCUT2D eigenvalue weighted by Crippen LogP contribution is -1.96. The average Bonchev–Trinajstić information content (AvgIpc) is 2.12. The average molecular weight is 124 g/mol. The standard InChI is InChI=1S/C7H12N2/c1-4-7-6(2)5-8-9(7)3/h5H,4H2,1-3H3. The Kier molecular flexibility index (Phi) is 1.56. The molecule has 0 atom stereocenters. The number of rotatable bonds is 1. The Bertz CT molecular complexity index is 181. The quantitative estimate of drug-likeness (QED) is 0.551. The van der Waals surface area contributed by atoms with Crippen molar-refractivity contribution in [1.82, 2.24) is 9.78 Å². The molecule has 0 aliphatic rings. The van der Waals surface area contributed by atoms with Crippen molar-refractivity contribution in [1.29, 1.82) is 0 Å². The second kappa shape index (κ2) is 2.21. The van der Waals surface area contributed by atoms with E-state index in [4.69, 9.17) is 0 Å². The molecule has 0 saturated heterocycles. The molecule has 1 rings (SSSR count). The lowest BCUT2D eigenvalue weighted by Gasteiger charge is -1.96. The highest BCUT2D eigenvalue weighted by molar-refractivity contribution is 5.14. The van der Waals surface area contributed by atoms with Gasteiger partial charge in [-0.2, -0.15) is 5.10 Å². The van der Waals surface area contributed by atoms with Crippen LogP contribution in [0.2, 0.25) is 0 Å². The van der Waals surface area contributed by atoms with Gasteiger partial charge in [0, 0.05) is 12.7 Å². The largest absolute Gasteiger partial charge is 0.272 e. The van der Waals surface area contributed by atoms with Crippen LogP contribution >= 0.6 is 0 Å². The van der Waals surface area contributed by atoms with Crippen LogP contribution in [0, 0.1) is 6.92 Å². The molecule has 0 radical (unpaired) electrons. The molecule has 0 spiro atoms. The third kappa shape index (κ3) is 0.969. The van der Waals surface area contributed by atoms with Crippen LogP contribution in [0.5, 0.6) is 0 Å². The van der Waals surface area contributed by atoms with Gasteiger partial charge < -0.3 is 0 Å². The van der Waals surface area contributed by atoms with Gasteiger partial charge in [0.1, 0.15) is 0 Å². The summed E-state index contributed by atoms with van der Waals surface area (Å²) in [4.78, 5) is 0. The molecule has 0 aromatic carbocycles. The van der Waals surface area contributed by atoms with Gasteiger partial charge in [0.2, 0.25) is 0 Å². The van der Waals surface area contributed by atoms with Crippen LogP contribution in [-0.2, 0) is 13.5 Å². The smallest absolute Gasteiger partial charge is 0.0521 e. The molecule has 0 fully saturated rings. The van der Waals surface area contributed by atoms with Crippen LogP contribution in [0.4, 0.5) is 0 Å². The van der Waals surface area contributed by atoms with Crippen molar-refractivity contribution in [2.24, 2.45) is 7.05 Å². The van der Waals surface area contributed by atoms with Crippen molar-refractivity contribution < 1.29 is 0 Å². The van der Waals surface area contributed by atoms with Gasteiger partial charge in [-0.25, -0.2) is 0 Å². The second-order valence-electron chi connectivity index (χ2n) is 2.25. The maximum atomic E-state index is 4.10. The van der Waals surface area contributed by atoms with Gasteiger partial charge in [-0.15, -0.1) is 0 Å². The molecule has 2 nitrogen and oxygen atoms in total. The Hall–Kier alpha value is -0.790. The van der Waals surface area contributed by atoms with Gasteiger partial charge in [-0.3, -0.25) is 4.68 Å². The Morgan fingerprint density at radius 2 is 2.33 bits per heavy atom. The summed E-state index contributed by atoms with van der Waals surface area (Å²) in [5.74, 6) is 0. The fourth-order valence-corrected chi connectivity index (χ4v) is 1.08. The molecule has 0 N–H and O–H groups in total. The van der Waals surface area contributed by atoms with Crippen molar-refractivity contribution >= 4 is 0 Å². The predicted molar refractivity (Wildman–Crippen MR) is 37.3 cm³/mol. The maximum Gasteiger partial charge on any atom is 0.0521 e. The van der Waals surface area contributed by atoms with Crippen molar-refractivity contribution in [2.75, 3.05) is 0 Å². The zero-order valence-corrected chi connectivity index (χ0v) is 6.18. The Morgan fingerprint density at radius 3 is 2.56 bits per heavy atom. The Labute approximate surface area is 55.5 Å². The van der Waals surface area contributed by atoms with E-state index in [1.807, 2.05) is 17.9 Å². The highest BCUT2D eigenvalue weighted by Gasteiger charge is 1.98. The molecule has 1 aromatic rings. The van der Waals surface area contributed by atoms with Crippen LogP contribution in [0.3, 0.4) is 0 Å². The van der Waals surface area contributed by atoms with Crippen LogP contribution in [0.1, 0.15) is 18.2 Å². The number of hydrogen-bond donors (Lipinski definition) is 0. The summed E-state index contributed by atoms with van der Waals surface area (Å²) in [7, 11) is 1.98. The molecule has 1 heterocycles. The molecule has 50 valence electrons. The van der Waals surface area contributed by atoms with Crippen LogP contribution in [0.25, 0.3) is 0 Å². The van der Waals surface area contributed by atoms with Gasteiger partial charge in [0.05, 0.1) is 6.20 Å². The van der Waals surface area contributed by atoms with E-state index in [0.717, 1.165) is 6.42 Å². The molecule has 0 amide bonds. The number of aryl methyl sites for hydroxylation is 2. The first kappa shape index (κ1) is 6.33. The zero-order valence-electron chi connectivity index (χ0n) is 6.18. The molecular formula is C7H12N2. The van der Waals surface area contributed by atoms with E-state index in [1.165, 1.54) is 11.3 Å². The molecule has 1 aromatic heterocycles. The fraction of sp³-hybridized carbons (Fsp3) is 0.571. The van der Waals surface area contributed by atoms with E-state index in [-0.39, 0.29) is 0 Å². The maximum absolute atomic E-state index is 4.10. The second-order valence-corrected chi connectivity index (χ2v) is 2.25. The molecule has 0 saturated carbocycles. The van der Waals surface area contributed by atoms with E-state index in [9.17, 15) is 0 Å². The Morgan fingerprint density at radius 1 is 1.67 bits per heavy atom. The van der Waals surface area contributed by atoms with Crippen molar-refractivity contribution in [3.05, 3.63) is 17.5 Å². The topological polar surface area (TPSA) is 17.8 Å². The molecule has 9 heavy (non-hydrogen) atoms. The molecule has 0 aliphatic carbocycles. The molecule has 0 bridgehead atoms.